The predicted molar refractivity (Wildman–Crippen MR) is 49.9 cm³/mol. The zero-order chi connectivity index (χ0) is 10.1. The summed E-state index contributed by atoms with van der Waals surface area (Å²) < 4.78 is 0. The van der Waals surface area contributed by atoms with Crippen molar-refractivity contribution in [3.63, 3.8) is 0 Å². The quantitative estimate of drug-likeness (QED) is 0.640. The third-order valence-electron chi connectivity index (χ3n) is 2.46. The number of nitrogens with one attached hydrogen (secondary N) is 2. The van der Waals surface area contributed by atoms with Gasteiger partial charge in [-0.3, -0.25) is 4.79 Å². The lowest BCUT2D eigenvalue weighted by molar-refractivity contribution is -0.137. The summed E-state index contributed by atoms with van der Waals surface area (Å²) in [6.07, 6.45) is 2.59. The van der Waals surface area contributed by atoms with Crippen LogP contribution in [-0.2, 0) is 11.2 Å². The Labute approximate surface area is 81.5 Å². The molecule has 1 aliphatic heterocycles. The van der Waals surface area contributed by atoms with Crippen LogP contribution in [0.1, 0.15) is 30.8 Å². The number of aromatic nitrogens is 2. The Balaban J connectivity index is 2.23. The van der Waals surface area contributed by atoms with Crippen LogP contribution in [0, 0.1) is 0 Å². The normalized spacial score (nSPS) is 25.8. The molecule has 1 aliphatic rings. The number of nitrogens with zero attached hydrogens (tertiary/aromatic N) is 1. The number of hydrogen-bond donors (Lipinski definition) is 3. The van der Waals surface area contributed by atoms with Crippen LogP contribution >= 0.6 is 0 Å². The lowest BCUT2D eigenvalue weighted by atomic mass is 9.98. The molecule has 1 aromatic rings. The summed E-state index contributed by atoms with van der Waals surface area (Å²) in [5, 5.41) is 12.0. The van der Waals surface area contributed by atoms with Gasteiger partial charge >= 0.3 is 5.97 Å². The van der Waals surface area contributed by atoms with Crippen molar-refractivity contribution >= 4 is 5.97 Å². The Kier molecular flexibility index (Phi) is 2.25. The molecular weight excluding hydrogens is 182 g/mol. The zero-order valence-corrected chi connectivity index (χ0v) is 7.95. The van der Waals surface area contributed by atoms with E-state index in [1.807, 2.05) is 6.92 Å². The maximum atomic E-state index is 10.6. The summed E-state index contributed by atoms with van der Waals surface area (Å²) in [6, 6.07) is 0.143. The number of aromatic amines is 1. The van der Waals surface area contributed by atoms with E-state index < -0.39 is 5.97 Å². The van der Waals surface area contributed by atoms with Crippen LogP contribution in [-0.4, -0.2) is 27.1 Å². The Morgan fingerprint density at radius 3 is 3.29 bits per heavy atom. The minimum atomic E-state index is -0.800. The molecule has 0 aliphatic carbocycles. The molecule has 0 fully saturated rings. The number of carboxylic acid groups (broad SMARTS) is 1. The highest BCUT2D eigenvalue weighted by Crippen LogP contribution is 2.24. The molecule has 0 saturated heterocycles. The molecule has 5 heteroatoms. The van der Waals surface area contributed by atoms with Crippen molar-refractivity contribution in [3.05, 3.63) is 17.7 Å². The van der Waals surface area contributed by atoms with E-state index in [2.05, 4.69) is 15.3 Å². The first-order valence-electron chi connectivity index (χ1n) is 4.67. The van der Waals surface area contributed by atoms with Crippen molar-refractivity contribution in [3.8, 4) is 0 Å². The van der Waals surface area contributed by atoms with Crippen molar-refractivity contribution in [2.45, 2.75) is 31.8 Å². The predicted octanol–water partition coefficient (Wildman–Crippen LogP) is 0.460. The fourth-order valence-electron chi connectivity index (χ4n) is 1.91. The van der Waals surface area contributed by atoms with Gasteiger partial charge in [-0.25, -0.2) is 4.98 Å². The van der Waals surface area contributed by atoms with Crippen LogP contribution in [0.4, 0.5) is 0 Å². The second kappa shape index (κ2) is 3.42. The van der Waals surface area contributed by atoms with Gasteiger partial charge in [0.25, 0.3) is 0 Å². The highest BCUT2D eigenvalue weighted by atomic mass is 16.4. The number of aliphatic carboxylic acids is 1. The largest absolute Gasteiger partial charge is 0.481 e. The summed E-state index contributed by atoms with van der Waals surface area (Å²) in [5.41, 5.74) is 1.91. The number of carboxylic acids is 1. The van der Waals surface area contributed by atoms with E-state index in [9.17, 15) is 4.79 Å². The third-order valence-corrected chi connectivity index (χ3v) is 2.46. The van der Waals surface area contributed by atoms with Crippen LogP contribution in [0.5, 0.6) is 0 Å². The molecule has 76 valence electrons. The molecule has 0 saturated carbocycles. The fraction of sp³-hybridized carbons (Fsp3) is 0.556. The number of fused-ring (bicyclic) bond motifs is 1. The maximum absolute atomic E-state index is 10.6. The average molecular weight is 195 g/mol. The minimum absolute atomic E-state index is 0.0855. The second-order valence-electron chi connectivity index (χ2n) is 3.69. The Morgan fingerprint density at radius 2 is 2.57 bits per heavy atom. The van der Waals surface area contributed by atoms with Gasteiger partial charge in [0.1, 0.15) is 0 Å². The number of H-pyrrole nitrogens is 1. The lowest BCUT2D eigenvalue weighted by Gasteiger charge is -2.26. The van der Waals surface area contributed by atoms with Crippen LogP contribution < -0.4 is 5.32 Å². The summed E-state index contributed by atoms with van der Waals surface area (Å²) in [7, 11) is 0. The SMILES string of the molecule is CC1Cc2[nH]cnc2C(CC(=O)O)N1. The minimum Gasteiger partial charge on any atom is -0.481 e. The molecule has 0 bridgehead atoms. The van der Waals surface area contributed by atoms with E-state index in [1.165, 1.54) is 0 Å². The molecule has 2 heterocycles. The van der Waals surface area contributed by atoms with Crippen molar-refractivity contribution in [1.29, 1.82) is 0 Å². The van der Waals surface area contributed by atoms with E-state index in [0.717, 1.165) is 17.8 Å². The number of carbonyl (C=O) groups is 1. The van der Waals surface area contributed by atoms with E-state index in [0.29, 0.717) is 6.04 Å². The number of hydrogen-bond acceptors (Lipinski definition) is 3. The maximum Gasteiger partial charge on any atom is 0.305 e. The molecule has 0 aromatic carbocycles. The number of imidazole rings is 1. The van der Waals surface area contributed by atoms with Crippen molar-refractivity contribution in [2.24, 2.45) is 0 Å². The smallest absolute Gasteiger partial charge is 0.305 e. The molecule has 0 amide bonds. The van der Waals surface area contributed by atoms with Crippen LogP contribution in [0.25, 0.3) is 0 Å². The molecule has 2 rings (SSSR count). The van der Waals surface area contributed by atoms with Crippen LogP contribution in [0.2, 0.25) is 0 Å². The fourth-order valence-corrected chi connectivity index (χ4v) is 1.91. The monoisotopic (exact) mass is 195 g/mol. The highest BCUT2D eigenvalue weighted by Gasteiger charge is 2.27. The van der Waals surface area contributed by atoms with E-state index in [4.69, 9.17) is 5.11 Å². The van der Waals surface area contributed by atoms with Gasteiger partial charge in [0.05, 0.1) is 24.5 Å². The highest BCUT2D eigenvalue weighted by molar-refractivity contribution is 5.68. The van der Waals surface area contributed by atoms with Crippen molar-refractivity contribution in [2.75, 3.05) is 0 Å². The third kappa shape index (κ3) is 1.63. The van der Waals surface area contributed by atoms with E-state index in [-0.39, 0.29) is 12.5 Å². The van der Waals surface area contributed by atoms with Gasteiger partial charge in [-0.05, 0) is 6.92 Å². The first kappa shape index (κ1) is 9.21. The summed E-state index contributed by atoms with van der Waals surface area (Å²) in [5.74, 6) is -0.800. The van der Waals surface area contributed by atoms with Crippen molar-refractivity contribution < 1.29 is 9.90 Å². The first-order chi connectivity index (χ1) is 6.66. The molecule has 3 N–H and O–H groups in total. The van der Waals surface area contributed by atoms with E-state index >= 15 is 0 Å². The van der Waals surface area contributed by atoms with Crippen LogP contribution in [0.3, 0.4) is 0 Å². The van der Waals surface area contributed by atoms with Gasteiger partial charge in [0.15, 0.2) is 0 Å². The molecule has 14 heavy (non-hydrogen) atoms. The molecule has 0 radical (unpaired) electrons. The lowest BCUT2D eigenvalue weighted by Crippen LogP contribution is -2.38. The Bertz CT molecular complexity index is 348. The topological polar surface area (TPSA) is 78.0 Å². The molecule has 1 aromatic heterocycles. The van der Waals surface area contributed by atoms with Gasteiger partial charge in [0.2, 0.25) is 0 Å². The van der Waals surface area contributed by atoms with Gasteiger partial charge < -0.3 is 15.4 Å². The number of rotatable bonds is 2. The summed E-state index contributed by atoms with van der Waals surface area (Å²) in [4.78, 5) is 17.8. The standard InChI is InChI=1S/C9H13N3O2/c1-5-2-6-9(11-4-10-6)7(12-5)3-8(13)14/h4-5,7,12H,2-3H2,1H3,(H,10,11)(H,13,14). The Hall–Kier alpha value is -1.36. The Morgan fingerprint density at radius 1 is 1.79 bits per heavy atom. The first-order valence-corrected chi connectivity index (χ1v) is 4.67. The molecule has 0 spiro atoms. The second-order valence-corrected chi connectivity index (χ2v) is 3.69. The molecule has 2 unspecified atom stereocenters. The van der Waals surface area contributed by atoms with Gasteiger partial charge in [0, 0.05) is 18.2 Å². The van der Waals surface area contributed by atoms with Gasteiger partial charge in [-0.2, -0.15) is 0 Å². The summed E-state index contributed by atoms with van der Waals surface area (Å²) in [6.45, 7) is 2.04. The van der Waals surface area contributed by atoms with Crippen molar-refractivity contribution in [1.82, 2.24) is 15.3 Å². The van der Waals surface area contributed by atoms with Crippen LogP contribution in [0.15, 0.2) is 6.33 Å². The average Bonchev–Trinajstić information content (AvgIpc) is 2.50. The van der Waals surface area contributed by atoms with Gasteiger partial charge in [-0.1, -0.05) is 0 Å². The molecular formula is C9H13N3O2. The molecule has 2 atom stereocenters. The molecule has 5 nitrogen and oxygen atoms in total. The zero-order valence-electron chi connectivity index (χ0n) is 7.95. The van der Waals surface area contributed by atoms with Gasteiger partial charge in [-0.15, -0.1) is 0 Å². The summed E-state index contributed by atoms with van der Waals surface area (Å²) >= 11 is 0. The van der Waals surface area contributed by atoms with E-state index in [1.54, 1.807) is 6.33 Å².